The van der Waals surface area contributed by atoms with Crippen LogP contribution in [0.15, 0.2) is 96.1 Å². The molecule has 0 aliphatic heterocycles. The number of aliphatic hydroxyl groups excluding tert-OH is 1. The predicted octanol–water partition coefficient (Wildman–Crippen LogP) is 9.40. The smallest absolute Gasteiger partial charge is 0.162 e. The highest BCUT2D eigenvalue weighted by molar-refractivity contribution is 5.67. The first kappa shape index (κ1) is 29.0. The first-order valence-electron chi connectivity index (χ1n) is 13.6. The molecule has 0 saturated carbocycles. The molecular formula is C35H33F3O2. The minimum atomic E-state index is -0.872. The third-order valence-corrected chi connectivity index (χ3v) is 6.98. The molecule has 0 fully saturated rings. The molecule has 2 atom stereocenters. The van der Waals surface area contributed by atoms with Crippen LogP contribution in [0.1, 0.15) is 67.7 Å². The van der Waals surface area contributed by atoms with Gasteiger partial charge in [-0.05, 0) is 53.6 Å². The topological polar surface area (TPSA) is 29.5 Å². The molecule has 0 spiro atoms. The van der Waals surface area contributed by atoms with Crippen molar-refractivity contribution in [3.05, 3.63) is 119 Å². The van der Waals surface area contributed by atoms with E-state index in [9.17, 15) is 13.9 Å². The molecule has 206 valence electrons. The highest BCUT2D eigenvalue weighted by Gasteiger charge is 2.26. The van der Waals surface area contributed by atoms with Crippen LogP contribution in [-0.4, -0.2) is 11.7 Å². The second kappa shape index (κ2) is 13.9. The Kier molecular flexibility index (Phi) is 10.0. The largest absolute Gasteiger partial charge is 0.493 e. The van der Waals surface area contributed by atoms with Gasteiger partial charge in [-0.3, -0.25) is 0 Å². The monoisotopic (exact) mass is 542 g/mol. The average molecular weight is 543 g/mol. The Morgan fingerprint density at radius 2 is 1.77 bits per heavy atom. The van der Waals surface area contributed by atoms with Crippen LogP contribution in [0.2, 0.25) is 0 Å². The third kappa shape index (κ3) is 7.14. The highest BCUT2D eigenvalue weighted by atomic mass is 19.2. The number of ether oxygens (including phenoxy) is 1. The minimum absolute atomic E-state index is 0.191. The Labute approximate surface area is 234 Å². The van der Waals surface area contributed by atoms with Gasteiger partial charge >= 0.3 is 0 Å². The van der Waals surface area contributed by atoms with E-state index in [-0.39, 0.29) is 5.57 Å². The Morgan fingerprint density at radius 1 is 1.02 bits per heavy atom. The van der Waals surface area contributed by atoms with E-state index in [0.717, 1.165) is 17.5 Å². The summed E-state index contributed by atoms with van der Waals surface area (Å²) < 4.78 is 50.2. The highest BCUT2D eigenvalue weighted by Crippen LogP contribution is 2.39. The number of terminal acetylenes is 1. The van der Waals surface area contributed by atoms with Gasteiger partial charge < -0.3 is 9.84 Å². The first-order valence-corrected chi connectivity index (χ1v) is 13.6. The maximum absolute atomic E-state index is 15.0. The molecule has 2 unspecified atom stereocenters. The van der Waals surface area contributed by atoms with Gasteiger partial charge in [0.15, 0.2) is 5.83 Å². The van der Waals surface area contributed by atoms with E-state index in [4.69, 9.17) is 11.2 Å². The van der Waals surface area contributed by atoms with E-state index < -0.39 is 29.5 Å². The SMILES string of the molecule is C#CCCCOc1ccc(-c2ccc(/C=C/C3=CCC(c4ccc(C(O)CCC)cc4)C(F)=C3F)cc2)c(F)c1. The van der Waals surface area contributed by atoms with Gasteiger partial charge in [-0.15, -0.1) is 12.3 Å². The van der Waals surface area contributed by atoms with Crippen LogP contribution in [0.25, 0.3) is 17.2 Å². The van der Waals surface area contributed by atoms with Crippen LogP contribution in [0.4, 0.5) is 13.2 Å². The van der Waals surface area contributed by atoms with Crippen molar-refractivity contribution in [2.24, 2.45) is 0 Å². The third-order valence-electron chi connectivity index (χ3n) is 6.98. The summed E-state index contributed by atoms with van der Waals surface area (Å²) >= 11 is 0. The lowest BCUT2D eigenvalue weighted by molar-refractivity contribution is 0.166. The second-order valence-corrected chi connectivity index (χ2v) is 9.83. The summed E-state index contributed by atoms with van der Waals surface area (Å²) in [5, 5.41) is 10.2. The van der Waals surface area contributed by atoms with Gasteiger partial charge in [-0.1, -0.05) is 80.1 Å². The number of allylic oxidation sites excluding steroid dienone is 5. The van der Waals surface area contributed by atoms with E-state index in [0.29, 0.717) is 54.7 Å². The second-order valence-electron chi connectivity index (χ2n) is 9.83. The summed E-state index contributed by atoms with van der Waals surface area (Å²) in [6.07, 6.45) is 12.8. The molecule has 4 rings (SSSR count). The maximum atomic E-state index is 15.0. The molecule has 0 saturated heterocycles. The number of aliphatic hydroxyl groups is 1. The number of benzene rings is 3. The van der Waals surface area contributed by atoms with Crippen molar-refractivity contribution in [1.82, 2.24) is 0 Å². The quantitative estimate of drug-likeness (QED) is 0.193. The van der Waals surface area contributed by atoms with E-state index in [1.807, 2.05) is 6.92 Å². The zero-order valence-electron chi connectivity index (χ0n) is 22.5. The maximum Gasteiger partial charge on any atom is 0.162 e. The van der Waals surface area contributed by atoms with E-state index >= 15 is 4.39 Å². The number of rotatable bonds is 11. The number of halogens is 3. The molecule has 1 aliphatic rings. The first-order chi connectivity index (χ1) is 19.4. The van der Waals surface area contributed by atoms with Crippen LogP contribution < -0.4 is 4.74 Å². The molecule has 0 radical (unpaired) electrons. The Balaban J connectivity index is 1.40. The lowest BCUT2D eigenvalue weighted by Crippen LogP contribution is -2.06. The standard InChI is InChI=1S/C35H33F3O2/c1-3-5-6-22-40-29-19-21-30(32(36)23-29)25-11-8-24(9-12-25)10-13-28-18-20-31(35(38)34(28)37)26-14-16-27(17-15-26)33(39)7-4-2/h1,8-19,21,23,31,33,39H,4-7,20,22H2,2H3/b13-10+. The van der Waals surface area contributed by atoms with Gasteiger partial charge in [-0.25, -0.2) is 13.2 Å². The molecule has 3 aromatic carbocycles. The van der Waals surface area contributed by atoms with Crippen molar-refractivity contribution in [2.45, 2.75) is 51.0 Å². The van der Waals surface area contributed by atoms with Crippen molar-refractivity contribution in [2.75, 3.05) is 6.61 Å². The van der Waals surface area contributed by atoms with Gasteiger partial charge in [0.25, 0.3) is 0 Å². The molecule has 3 aromatic rings. The van der Waals surface area contributed by atoms with E-state index in [1.165, 1.54) is 6.07 Å². The molecule has 0 aromatic heterocycles. The normalized spacial score (nSPS) is 16.1. The van der Waals surface area contributed by atoms with E-state index in [1.54, 1.807) is 78.9 Å². The number of hydrogen-bond donors (Lipinski definition) is 1. The Hall–Kier alpha value is -4.01. The molecule has 0 bridgehead atoms. The van der Waals surface area contributed by atoms with Gasteiger partial charge in [0.1, 0.15) is 17.4 Å². The fourth-order valence-electron chi connectivity index (χ4n) is 4.69. The summed E-state index contributed by atoms with van der Waals surface area (Å²) in [5.41, 5.74) is 3.55. The van der Waals surface area contributed by atoms with Gasteiger partial charge in [0.2, 0.25) is 0 Å². The number of unbranched alkanes of at least 4 members (excludes halogenated alkanes) is 1. The molecular weight excluding hydrogens is 509 g/mol. The minimum Gasteiger partial charge on any atom is -0.493 e. The van der Waals surface area contributed by atoms with Crippen LogP contribution in [0, 0.1) is 18.2 Å². The van der Waals surface area contributed by atoms with Crippen molar-refractivity contribution >= 4 is 6.08 Å². The average Bonchev–Trinajstić information content (AvgIpc) is 2.97. The summed E-state index contributed by atoms with van der Waals surface area (Å²) in [5.74, 6) is 0.240. The number of hydrogen-bond acceptors (Lipinski definition) is 2. The molecule has 5 heteroatoms. The summed E-state index contributed by atoms with van der Waals surface area (Å²) in [6, 6.07) is 19.0. The fraction of sp³-hybridized carbons (Fsp3) is 0.257. The van der Waals surface area contributed by atoms with Crippen molar-refractivity contribution in [3.63, 3.8) is 0 Å². The lowest BCUT2D eigenvalue weighted by atomic mass is 9.87. The molecule has 0 heterocycles. The van der Waals surface area contributed by atoms with Crippen LogP contribution in [0.5, 0.6) is 5.75 Å². The Morgan fingerprint density at radius 3 is 2.45 bits per heavy atom. The molecule has 40 heavy (non-hydrogen) atoms. The zero-order chi connectivity index (χ0) is 28.5. The summed E-state index contributed by atoms with van der Waals surface area (Å²) in [4.78, 5) is 0. The van der Waals surface area contributed by atoms with Gasteiger partial charge in [0.05, 0.1) is 12.7 Å². The predicted molar refractivity (Wildman–Crippen MR) is 155 cm³/mol. The molecule has 1 N–H and O–H groups in total. The fourth-order valence-corrected chi connectivity index (χ4v) is 4.69. The van der Waals surface area contributed by atoms with E-state index in [2.05, 4.69) is 5.92 Å². The zero-order valence-corrected chi connectivity index (χ0v) is 22.5. The summed E-state index contributed by atoms with van der Waals surface area (Å²) in [7, 11) is 0. The van der Waals surface area contributed by atoms with Crippen molar-refractivity contribution < 1.29 is 23.0 Å². The van der Waals surface area contributed by atoms with Gasteiger partial charge in [0, 0.05) is 29.5 Å². The molecule has 0 amide bonds. The Bertz CT molecular complexity index is 1430. The van der Waals surface area contributed by atoms with Crippen LogP contribution in [-0.2, 0) is 0 Å². The van der Waals surface area contributed by atoms with Crippen molar-refractivity contribution in [1.29, 1.82) is 0 Å². The molecule has 2 nitrogen and oxygen atoms in total. The lowest BCUT2D eigenvalue weighted by Gasteiger charge is -2.20. The van der Waals surface area contributed by atoms with Gasteiger partial charge in [-0.2, -0.15) is 0 Å². The van der Waals surface area contributed by atoms with Crippen LogP contribution >= 0.6 is 0 Å². The van der Waals surface area contributed by atoms with Crippen LogP contribution in [0.3, 0.4) is 0 Å². The molecule has 1 aliphatic carbocycles. The van der Waals surface area contributed by atoms with Crippen molar-refractivity contribution in [3.8, 4) is 29.2 Å². The summed E-state index contributed by atoms with van der Waals surface area (Å²) in [6.45, 7) is 2.43.